The second-order valence-electron chi connectivity index (χ2n) is 6.08. The number of ether oxygens (including phenoxy) is 1. The molecule has 0 radical (unpaired) electrons. The summed E-state index contributed by atoms with van der Waals surface area (Å²) in [5, 5.41) is 0. The highest BCUT2D eigenvalue weighted by Crippen LogP contribution is 2.39. The van der Waals surface area contributed by atoms with E-state index in [9.17, 15) is 9.59 Å². The highest BCUT2D eigenvalue weighted by molar-refractivity contribution is 9.10. The van der Waals surface area contributed by atoms with Crippen LogP contribution in [0.4, 0.5) is 0 Å². The fourth-order valence-corrected chi connectivity index (χ4v) is 3.52. The molecule has 0 N–H and O–H groups in total. The van der Waals surface area contributed by atoms with Crippen LogP contribution in [0, 0.1) is 0 Å². The van der Waals surface area contributed by atoms with Crippen LogP contribution >= 0.6 is 15.9 Å². The molecule has 5 heteroatoms. The molecule has 1 aromatic carbocycles. The maximum atomic E-state index is 12.4. The summed E-state index contributed by atoms with van der Waals surface area (Å²) in [5.74, 6) is 0.971. The number of carbonyl (C=O) groups is 2. The predicted molar refractivity (Wildman–Crippen MR) is 87.6 cm³/mol. The van der Waals surface area contributed by atoms with Gasteiger partial charge in [0.05, 0.1) is 16.8 Å². The molecule has 22 heavy (non-hydrogen) atoms. The van der Waals surface area contributed by atoms with Gasteiger partial charge in [0.1, 0.15) is 11.4 Å². The van der Waals surface area contributed by atoms with Crippen molar-refractivity contribution in [1.29, 1.82) is 0 Å². The second-order valence-corrected chi connectivity index (χ2v) is 7.19. The monoisotopic (exact) mass is 365 g/mol. The van der Waals surface area contributed by atoms with Crippen molar-refractivity contribution in [1.82, 2.24) is 4.90 Å². The van der Waals surface area contributed by atoms with Crippen LogP contribution in [-0.4, -0.2) is 40.1 Å². The van der Waals surface area contributed by atoms with Crippen molar-refractivity contribution in [3.05, 3.63) is 29.8 Å². The lowest BCUT2D eigenvalue weighted by Crippen LogP contribution is -2.53. The van der Waals surface area contributed by atoms with Crippen LogP contribution < -0.4 is 4.74 Å². The summed E-state index contributed by atoms with van der Waals surface area (Å²) in [6.07, 6.45) is 2.62. The van der Waals surface area contributed by atoms with Crippen molar-refractivity contribution in [2.45, 2.75) is 43.0 Å². The summed E-state index contributed by atoms with van der Waals surface area (Å²) in [4.78, 5) is 26.4. The van der Waals surface area contributed by atoms with Gasteiger partial charge in [-0.3, -0.25) is 9.59 Å². The number of alkyl halides is 1. The van der Waals surface area contributed by atoms with E-state index >= 15 is 0 Å². The zero-order chi connectivity index (χ0) is 15.7. The average molecular weight is 366 g/mol. The second kappa shape index (κ2) is 6.03. The molecule has 0 aromatic heterocycles. The number of likely N-dealkylation sites (tertiary alicyclic amines) is 1. The maximum absolute atomic E-state index is 12.4. The van der Waals surface area contributed by atoms with Gasteiger partial charge in [-0.05, 0) is 18.6 Å². The molecule has 3 rings (SSSR count). The van der Waals surface area contributed by atoms with E-state index in [0.29, 0.717) is 43.7 Å². The summed E-state index contributed by atoms with van der Waals surface area (Å²) in [7, 11) is 0. The van der Waals surface area contributed by atoms with Crippen LogP contribution in [0.1, 0.15) is 43.0 Å². The summed E-state index contributed by atoms with van der Waals surface area (Å²) >= 11 is 3.42. The van der Waals surface area contributed by atoms with Crippen LogP contribution in [0.25, 0.3) is 0 Å². The molecular formula is C17H20BrNO3. The van der Waals surface area contributed by atoms with Crippen molar-refractivity contribution in [2.24, 2.45) is 0 Å². The van der Waals surface area contributed by atoms with E-state index in [1.54, 1.807) is 0 Å². The Morgan fingerprint density at radius 2 is 2.05 bits per heavy atom. The topological polar surface area (TPSA) is 46.6 Å². The molecule has 1 amide bonds. The van der Waals surface area contributed by atoms with Crippen LogP contribution in [0.15, 0.2) is 24.3 Å². The first kappa shape index (κ1) is 15.5. The molecule has 1 fully saturated rings. The normalized spacial score (nSPS) is 21.2. The Hall–Kier alpha value is -1.36. The van der Waals surface area contributed by atoms with Gasteiger partial charge in [-0.25, -0.2) is 0 Å². The van der Waals surface area contributed by atoms with E-state index in [4.69, 9.17) is 4.74 Å². The Labute approximate surface area is 138 Å². The van der Waals surface area contributed by atoms with Crippen molar-refractivity contribution < 1.29 is 14.3 Å². The molecule has 1 atom stereocenters. The first-order valence-electron chi connectivity index (χ1n) is 7.79. The van der Waals surface area contributed by atoms with E-state index in [1.165, 1.54) is 0 Å². The SMILES string of the molecule is CCC(Br)C(=O)N1CCC2(CC1)CC(=O)c1ccccc1O2. The number of hydrogen-bond donors (Lipinski definition) is 0. The minimum atomic E-state index is -0.434. The van der Waals surface area contributed by atoms with Crippen molar-refractivity contribution in [2.75, 3.05) is 13.1 Å². The average Bonchev–Trinajstić information content (AvgIpc) is 2.54. The van der Waals surface area contributed by atoms with Gasteiger partial charge in [-0.1, -0.05) is 35.0 Å². The number of carbonyl (C=O) groups excluding carboxylic acids is 2. The standard InChI is InChI=1S/C17H20BrNO3/c1-2-13(18)16(21)19-9-7-17(8-10-19)11-14(20)12-5-3-4-6-15(12)22-17/h3-6,13H,2,7-11H2,1H3. The number of para-hydroxylation sites is 1. The van der Waals surface area contributed by atoms with E-state index in [0.717, 1.165) is 6.42 Å². The maximum Gasteiger partial charge on any atom is 0.236 e. The molecule has 1 saturated heterocycles. The third-order valence-corrected chi connectivity index (χ3v) is 5.65. The first-order chi connectivity index (χ1) is 10.5. The first-order valence-corrected chi connectivity index (χ1v) is 8.70. The fourth-order valence-electron chi connectivity index (χ4n) is 3.23. The number of piperidine rings is 1. The number of benzene rings is 1. The number of rotatable bonds is 2. The van der Waals surface area contributed by atoms with Crippen LogP contribution in [0.5, 0.6) is 5.75 Å². The van der Waals surface area contributed by atoms with Gasteiger partial charge in [0.2, 0.25) is 5.91 Å². The van der Waals surface area contributed by atoms with Crippen LogP contribution in [0.2, 0.25) is 0 Å². The van der Waals surface area contributed by atoms with Gasteiger partial charge >= 0.3 is 0 Å². The van der Waals surface area contributed by atoms with Crippen LogP contribution in [-0.2, 0) is 4.79 Å². The molecule has 1 spiro atoms. The van der Waals surface area contributed by atoms with E-state index in [-0.39, 0.29) is 16.5 Å². The van der Waals surface area contributed by atoms with Gasteiger partial charge < -0.3 is 9.64 Å². The molecule has 0 saturated carbocycles. The molecule has 118 valence electrons. The van der Waals surface area contributed by atoms with Gasteiger partial charge in [0.15, 0.2) is 5.78 Å². The number of Topliss-reactive ketones (excluding diaryl/α,β-unsaturated/α-hetero) is 1. The highest BCUT2D eigenvalue weighted by atomic mass is 79.9. The van der Waals surface area contributed by atoms with Gasteiger partial charge in [-0.2, -0.15) is 0 Å². The third kappa shape index (κ3) is 2.78. The number of ketones is 1. The van der Waals surface area contributed by atoms with E-state index in [2.05, 4.69) is 15.9 Å². The molecule has 1 unspecified atom stereocenters. The van der Waals surface area contributed by atoms with Crippen molar-refractivity contribution in [3.8, 4) is 5.75 Å². The lowest BCUT2D eigenvalue weighted by atomic mass is 9.82. The van der Waals surface area contributed by atoms with Crippen molar-refractivity contribution >= 4 is 27.6 Å². The quantitative estimate of drug-likeness (QED) is 0.756. The minimum Gasteiger partial charge on any atom is -0.486 e. The summed E-state index contributed by atoms with van der Waals surface area (Å²) in [6.45, 7) is 3.29. The smallest absolute Gasteiger partial charge is 0.236 e. The van der Waals surface area contributed by atoms with Gasteiger partial charge in [-0.15, -0.1) is 0 Å². The summed E-state index contributed by atoms with van der Waals surface area (Å²) < 4.78 is 6.18. The largest absolute Gasteiger partial charge is 0.486 e. The van der Waals surface area contributed by atoms with Gasteiger partial charge in [0.25, 0.3) is 0 Å². The number of amides is 1. The molecule has 2 aliphatic rings. The molecule has 4 nitrogen and oxygen atoms in total. The number of fused-ring (bicyclic) bond motifs is 1. The Morgan fingerprint density at radius 1 is 1.36 bits per heavy atom. The number of hydrogen-bond acceptors (Lipinski definition) is 3. The lowest BCUT2D eigenvalue weighted by Gasteiger charge is -2.44. The molecular weight excluding hydrogens is 346 g/mol. The zero-order valence-electron chi connectivity index (χ0n) is 12.7. The lowest BCUT2D eigenvalue weighted by molar-refractivity contribution is -0.134. The highest BCUT2D eigenvalue weighted by Gasteiger charge is 2.43. The predicted octanol–water partition coefficient (Wildman–Crippen LogP) is 3.19. The third-order valence-electron chi connectivity index (χ3n) is 4.61. The van der Waals surface area contributed by atoms with E-state index < -0.39 is 5.60 Å². The Balaban J connectivity index is 1.71. The van der Waals surface area contributed by atoms with E-state index in [1.807, 2.05) is 36.1 Å². The van der Waals surface area contributed by atoms with Gasteiger partial charge in [0, 0.05) is 25.9 Å². The van der Waals surface area contributed by atoms with Crippen LogP contribution in [0.3, 0.4) is 0 Å². The molecule has 1 aromatic rings. The molecule has 2 aliphatic heterocycles. The number of nitrogens with zero attached hydrogens (tertiary/aromatic N) is 1. The Kier molecular flexibility index (Phi) is 4.26. The molecule has 0 bridgehead atoms. The Bertz CT molecular complexity index is 593. The van der Waals surface area contributed by atoms with Crippen molar-refractivity contribution in [3.63, 3.8) is 0 Å². The summed E-state index contributed by atoms with van der Waals surface area (Å²) in [5.41, 5.74) is 0.245. The fraction of sp³-hybridized carbons (Fsp3) is 0.529. The zero-order valence-corrected chi connectivity index (χ0v) is 14.3. The Morgan fingerprint density at radius 3 is 2.73 bits per heavy atom. The molecule has 0 aliphatic carbocycles. The molecule has 2 heterocycles. The minimum absolute atomic E-state index is 0.115. The number of halogens is 1. The summed E-state index contributed by atoms with van der Waals surface area (Å²) in [6, 6.07) is 7.43.